The number of hydrogen-bond donors (Lipinski definition) is 1. The molecule has 0 saturated carbocycles. The third kappa shape index (κ3) is 2.82. The first kappa shape index (κ1) is 13.8. The summed E-state index contributed by atoms with van der Waals surface area (Å²) in [6.45, 7) is 2.78. The van der Waals surface area contributed by atoms with Crippen LogP contribution in [0.25, 0.3) is 0 Å². The number of nitrogens with zero attached hydrogens (tertiary/aromatic N) is 3. The zero-order valence-electron chi connectivity index (χ0n) is 12.1. The van der Waals surface area contributed by atoms with Crippen molar-refractivity contribution in [2.75, 3.05) is 12.4 Å². The number of fused-ring (bicyclic) bond motifs is 1. The quantitative estimate of drug-likeness (QED) is 0.925. The molecule has 112 valence electrons. The molecule has 0 aromatic carbocycles. The lowest BCUT2D eigenvalue weighted by molar-refractivity contribution is 0.0796. The van der Waals surface area contributed by atoms with Crippen molar-refractivity contribution >= 4 is 11.7 Å². The Labute approximate surface area is 122 Å². The molecule has 1 unspecified atom stereocenters. The first-order valence-corrected chi connectivity index (χ1v) is 7.05. The molecule has 7 nitrogen and oxygen atoms in total. The van der Waals surface area contributed by atoms with Gasteiger partial charge in [0.15, 0.2) is 5.82 Å². The summed E-state index contributed by atoms with van der Waals surface area (Å²) in [5.41, 5.74) is 0.391. The number of aromatic nitrogens is 3. The zero-order valence-corrected chi connectivity index (χ0v) is 12.1. The number of ether oxygens (including phenoxy) is 1. The number of methoxy groups -OCH3 is 1. The fourth-order valence-corrected chi connectivity index (χ4v) is 2.43. The van der Waals surface area contributed by atoms with Crippen LogP contribution in [0.4, 0.5) is 5.82 Å². The summed E-state index contributed by atoms with van der Waals surface area (Å²) in [4.78, 5) is 16.6. The molecular formula is C14H18N4O3. The Kier molecular flexibility index (Phi) is 3.74. The van der Waals surface area contributed by atoms with Gasteiger partial charge in [-0.1, -0.05) is 12.1 Å². The predicted octanol–water partition coefficient (Wildman–Crippen LogP) is 1.65. The highest BCUT2D eigenvalue weighted by molar-refractivity contribution is 6.02. The van der Waals surface area contributed by atoms with Crippen LogP contribution in [0.2, 0.25) is 0 Å². The van der Waals surface area contributed by atoms with Gasteiger partial charge in [0.25, 0.3) is 5.91 Å². The van der Waals surface area contributed by atoms with E-state index in [0.717, 1.165) is 37.4 Å². The monoisotopic (exact) mass is 290 g/mol. The zero-order chi connectivity index (χ0) is 14.8. The van der Waals surface area contributed by atoms with E-state index in [9.17, 15) is 4.79 Å². The highest BCUT2D eigenvalue weighted by Crippen LogP contribution is 2.18. The molecule has 1 atom stereocenters. The van der Waals surface area contributed by atoms with E-state index in [2.05, 4.69) is 15.5 Å². The SMILES string of the molecule is CCc1cc(NC(=O)c2cn3c(n2)CC(OC)CC3)no1. The van der Waals surface area contributed by atoms with Gasteiger partial charge < -0.3 is 19.1 Å². The second kappa shape index (κ2) is 5.69. The van der Waals surface area contributed by atoms with Gasteiger partial charge >= 0.3 is 0 Å². The van der Waals surface area contributed by atoms with Gasteiger partial charge in [-0.05, 0) is 6.42 Å². The molecule has 1 aliphatic heterocycles. The molecule has 3 rings (SSSR count). The van der Waals surface area contributed by atoms with E-state index in [0.29, 0.717) is 11.5 Å². The number of carbonyl (C=O) groups excluding carboxylic acids is 1. The fourth-order valence-electron chi connectivity index (χ4n) is 2.43. The molecule has 1 aliphatic rings. The summed E-state index contributed by atoms with van der Waals surface area (Å²) in [5.74, 6) is 1.75. The Bertz CT molecular complexity index is 646. The number of hydrogen-bond acceptors (Lipinski definition) is 5. The number of amides is 1. The van der Waals surface area contributed by atoms with Crippen LogP contribution in [-0.4, -0.2) is 33.8 Å². The van der Waals surface area contributed by atoms with Gasteiger partial charge in [0, 0.05) is 38.8 Å². The average molecular weight is 290 g/mol. The molecule has 21 heavy (non-hydrogen) atoms. The third-order valence-corrected chi connectivity index (χ3v) is 3.68. The van der Waals surface area contributed by atoms with Gasteiger partial charge in [-0.2, -0.15) is 0 Å². The van der Waals surface area contributed by atoms with Crippen LogP contribution in [0.15, 0.2) is 16.8 Å². The summed E-state index contributed by atoms with van der Waals surface area (Å²) in [5, 5.41) is 6.49. The van der Waals surface area contributed by atoms with Crippen LogP contribution >= 0.6 is 0 Å². The Morgan fingerprint density at radius 2 is 2.48 bits per heavy atom. The summed E-state index contributed by atoms with van der Waals surface area (Å²) >= 11 is 0. The molecule has 1 N–H and O–H groups in total. The molecule has 7 heteroatoms. The lowest BCUT2D eigenvalue weighted by atomic mass is 10.1. The van der Waals surface area contributed by atoms with Crippen molar-refractivity contribution in [3.05, 3.63) is 29.5 Å². The first-order chi connectivity index (χ1) is 10.2. The minimum atomic E-state index is -0.276. The van der Waals surface area contributed by atoms with E-state index >= 15 is 0 Å². The van der Waals surface area contributed by atoms with Crippen molar-refractivity contribution in [3.63, 3.8) is 0 Å². The second-order valence-corrected chi connectivity index (χ2v) is 5.07. The number of nitrogens with one attached hydrogen (secondary N) is 1. The minimum Gasteiger partial charge on any atom is -0.381 e. The summed E-state index contributed by atoms with van der Waals surface area (Å²) in [6, 6.07) is 1.72. The predicted molar refractivity (Wildman–Crippen MR) is 75.2 cm³/mol. The average Bonchev–Trinajstić information content (AvgIpc) is 3.12. The number of anilines is 1. The van der Waals surface area contributed by atoms with Crippen LogP contribution in [0.3, 0.4) is 0 Å². The van der Waals surface area contributed by atoms with E-state index in [1.807, 2.05) is 11.5 Å². The third-order valence-electron chi connectivity index (χ3n) is 3.68. The van der Waals surface area contributed by atoms with Gasteiger partial charge in [0.2, 0.25) is 0 Å². The van der Waals surface area contributed by atoms with E-state index < -0.39 is 0 Å². The Balaban J connectivity index is 1.72. The lowest BCUT2D eigenvalue weighted by Crippen LogP contribution is -2.24. The highest BCUT2D eigenvalue weighted by atomic mass is 16.5. The van der Waals surface area contributed by atoms with Crippen molar-refractivity contribution in [2.45, 2.75) is 38.8 Å². The fraction of sp³-hybridized carbons (Fsp3) is 0.500. The van der Waals surface area contributed by atoms with Crippen molar-refractivity contribution in [1.82, 2.24) is 14.7 Å². The van der Waals surface area contributed by atoms with E-state index in [4.69, 9.17) is 9.26 Å². The largest absolute Gasteiger partial charge is 0.381 e. The number of rotatable bonds is 4. The molecule has 0 radical (unpaired) electrons. The van der Waals surface area contributed by atoms with Crippen LogP contribution in [0.5, 0.6) is 0 Å². The van der Waals surface area contributed by atoms with Gasteiger partial charge in [-0.25, -0.2) is 4.98 Å². The molecule has 0 aliphatic carbocycles. The van der Waals surface area contributed by atoms with Gasteiger partial charge in [-0.3, -0.25) is 4.79 Å². The number of aryl methyl sites for hydroxylation is 2. The van der Waals surface area contributed by atoms with Crippen LogP contribution < -0.4 is 5.32 Å². The van der Waals surface area contributed by atoms with E-state index in [1.165, 1.54) is 0 Å². The van der Waals surface area contributed by atoms with Crippen molar-refractivity contribution in [1.29, 1.82) is 0 Å². The van der Waals surface area contributed by atoms with Crippen molar-refractivity contribution < 1.29 is 14.1 Å². The van der Waals surface area contributed by atoms with Crippen LogP contribution in [-0.2, 0) is 24.1 Å². The molecule has 0 bridgehead atoms. The molecular weight excluding hydrogens is 272 g/mol. The first-order valence-electron chi connectivity index (χ1n) is 7.05. The Hall–Kier alpha value is -2.15. The maximum Gasteiger partial charge on any atom is 0.277 e. The maximum atomic E-state index is 12.2. The summed E-state index contributed by atoms with van der Waals surface area (Å²) in [6.07, 6.45) is 4.35. The molecule has 3 heterocycles. The topological polar surface area (TPSA) is 82.2 Å². The smallest absolute Gasteiger partial charge is 0.277 e. The second-order valence-electron chi connectivity index (χ2n) is 5.07. The normalized spacial score (nSPS) is 17.5. The molecule has 1 amide bonds. The van der Waals surface area contributed by atoms with Gasteiger partial charge in [0.05, 0.1) is 6.10 Å². The Morgan fingerprint density at radius 3 is 3.19 bits per heavy atom. The standard InChI is InChI=1S/C14H18N4O3/c1-3-9-6-12(17-21-9)16-14(19)11-8-18-5-4-10(20-2)7-13(18)15-11/h6,8,10H,3-5,7H2,1-2H3,(H,16,17,19). The highest BCUT2D eigenvalue weighted by Gasteiger charge is 2.22. The van der Waals surface area contributed by atoms with Crippen molar-refractivity contribution in [2.24, 2.45) is 0 Å². The summed E-state index contributed by atoms with van der Waals surface area (Å²) < 4.78 is 12.4. The lowest BCUT2D eigenvalue weighted by Gasteiger charge is -2.21. The minimum absolute atomic E-state index is 0.179. The summed E-state index contributed by atoms with van der Waals surface area (Å²) in [7, 11) is 1.70. The molecule has 0 fully saturated rings. The van der Waals surface area contributed by atoms with Gasteiger partial charge in [-0.15, -0.1) is 0 Å². The molecule has 2 aromatic rings. The van der Waals surface area contributed by atoms with Crippen molar-refractivity contribution in [3.8, 4) is 0 Å². The number of carbonyl (C=O) groups is 1. The van der Waals surface area contributed by atoms with Gasteiger partial charge in [0.1, 0.15) is 17.3 Å². The van der Waals surface area contributed by atoms with Crippen LogP contribution in [0, 0.1) is 0 Å². The van der Waals surface area contributed by atoms with E-state index in [-0.39, 0.29) is 12.0 Å². The maximum absolute atomic E-state index is 12.2. The number of imidazole rings is 1. The molecule has 2 aromatic heterocycles. The molecule has 0 saturated heterocycles. The van der Waals surface area contributed by atoms with Crippen LogP contribution in [0.1, 0.15) is 35.4 Å². The van der Waals surface area contributed by atoms with E-state index in [1.54, 1.807) is 19.4 Å². The Morgan fingerprint density at radius 1 is 1.62 bits per heavy atom. The molecule has 0 spiro atoms.